The molecule has 0 aliphatic heterocycles. The van der Waals surface area contributed by atoms with Crippen molar-refractivity contribution < 1.29 is 5.11 Å². The molecule has 1 N–H and O–H groups in total. The van der Waals surface area contributed by atoms with Crippen LogP contribution < -0.4 is 0 Å². The molecule has 88 valence electrons. The number of aromatic nitrogens is 5. The van der Waals surface area contributed by atoms with E-state index in [1.165, 1.54) is 6.33 Å². The number of nitrogens with zero attached hydrogens (tertiary/aromatic N) is 5. The zero-order chi connectivity index (χ0) is 12.3. The normalized spacial score (nSPS) is 12.4. The second-order valence-electron chi connectivity index (χ2n) is 3.67. The quantitative estimate of drug-likeness (QED) is 0.781. The van der Waals surface area contributed by atoms with E-state index < -0.39 is 0 Å². The Morgan fingerprint density at radius 2 is 2.41 bits per heavy atom. The van der Waals surface area contributed by atoms with Crippen LogP contribution in [-0.4, -0.2) is 36.9 Å². The maximum absolute atomic E-state index is 9.17. The van der Waals surface area contributed by atoms with E-state index in [-0.39, 0.29) is 12.5 Å². The molecule has 2 rings (SSSR count). The zero-order valence-electron chi connectivity index (χ0n) is 9.48. The number of hydrogen-bond acceptors (Lipinski definition) is 5. The van der Waals surface area contributed by atoms with Gasteiger partial charge in [-0.3, -0.25) is 4.98 Å². The van der Waals surface area contributed by atoms with E-state index in [0.29, 0.717) is 0 Å². The van der Waals surface area contributed by atoms with E-state index in [1.54, 1.807) is 17.0 Å². The van der Waals surface area contributed by atoms with Gasteiger partial charge in [0.15, 0.2) is 0 Å². The Morgan fingerprint density at radius 1 is 1.59 bits per heavy atom. The van der Waals surface area contributed by atoms with Gasteiger partial charge in [-0.25, -0.2) is 0 Å². The molecule has 0 aromatic carbocycles. The summed E-state index contributed by atoms with van der Waals surface area (Å²) in [6.07, 6.45) is 4.88. The lowest BCUT2D eigenvalue weighted by Crippen LogP contribution is -2.06. The number of aliphatic hydroxyl groups is 1. The Balaban J connectivity index is 2.38. The van der Waals surface area contributed by atoms with Gasteiger partial charge in [0.1, 0.15) is 6.33 Å². The molecule has 0 spiro atoms. The monoisotopic (exact) mass is 231 g/mol. The highest BCUT2D eigenvalue weighted by atomic mass is 16.3. The summed E-state index contributed by atoms with van der Waals surface area (Å²) in [5.41, 5.74) is 2.60. The SMILES string of the molecule is C=C[C@H](CO)c1cc(C)c(-n2cnnn2)cn1. The summed E-state index contributed by atoms with van der Waals surface area (Å²) < 4.78 is 1.55. The van der Waals surface area contributed by atoms with Crippen LogP contribution in [0.2, 0.25) is 0 Å². The van der Waals surface area contributed by atoms with Crippen LogP contribution in [0.3, 0.4) is 0 Å². The maximum atomic E-state index is 9.17. The number of tetrazole rings is 1. The van der Waals surface area contributed by atoms with Gasteiger partial charge in [0, 0.05) is 11.6 Å². The highest BCUT2D eigenvalue weighted by molar-refractivity contribution is 5.38. The largest absolute Gasteiger partial charge is 0.395 e. The first-order valence-corrected chi connectivity index (χ1v) is 5.19. The smallest absolute Gasteiger partial charge is 0.143 e. The second kappa shape index (κ2) is 4.84. The van der Waals surface area contributed by atoms with Crippen LogP contribution in [0.1, 0.15) is 17.2 Å². The van der Waals surface area contributed by atoms with Gasteiger partial charge in [-0.1, -0.05) is 6.08 Å². The molecule has 0 unspecified atom stereocenters. The van der Waals surface area contributed by atoms with Gasteiger partial charge in [-0.15, -0.1) is 11.7 Å². The van der Waals surface area contributed by atoms with Crippen molar-refractivity contribution in [2.24, 2.45) is 0 Å². The molecule has 6 heteroatoms. The Bertz CT molecular complexity index is 509. The average molecular weight is 231 g/mol. The van der Waals surface area contributed by atoms with Crippen molar-refractivity contribution >= 4 is 0 Å². The molecular weight excluding hydrogens is 218 g/mol. The van der Waals surface area contributed by atoms with Gasteiger partial charge in [-0.05, 0) is 29.0 Å². The Morgan fingerprint density at radius 3 is 2.94 bits per heavy atom. The predicted octanol–water partition coefficient (Wildman–Crippen LogP) is 0.628. The molecule has 0 saturated heterocycles. The van der Waals surface area contributed by atoms with E-state index in [4.69, 9.17) is 0 Å². The van der Waals surface area contributed by atoms with Gasteiger partial charge < -0.3 is 5.11 Å². The third-order valence-electron chi connectivity index (χ3n) is 2.56. The molecule has 17 heavy (non-hydrogen) atoms. The lowest BCUT2D eigenvalue weighted by molar-refractivity contribution is 0.282. The number of aliphatic hydroxyl groups excluding tert-OH is 1. The Labute approximate surface area is 98.6 Å². The minimum absolute atomic E-state index is 0.000166. The van der Waals surface area contributed by atoms with Gasteiger partial charge in [0.25, 0.3) is 0 Å². The number of rotatable bonds is 4. The molecule has 0 bridgehead atoms. The van der Waals surface area contributed by atoms with Crippen LogP contribution in [0, 0.1) is 6.92 Å². The second-order valence-corrected chi connectivity index (χ2v) is 3.67. The first-order valence-electron chi connectivity index (χ1n) is 5.19. The van der Waals surface area contributed by atoms with Crippen LogP contribution in [0.4, 0.5) is 0 Å². The predicted molar refractivity (Wildman–Crippen MR) is 61.7 cm³/mol. The summed E-state index contributed by atoms with van der Waals surface area (Å²) in [4.78, 5) is 4.29. The van der Waals surface area contributed by atoms with Crippen LogP contribution in [0.15, 0.2) is 31.2 Å². The maximum Gasteiger partial charge on any atom is 0.143 e. The molecule has 0 aliphatic rings. The fourth-order valence-corrected chi connectivity index (χ4v) is 1.57. The number of hydrogen-bond donors (Lipinski definition) is 1. The third kappa shape index (κ3) is 2.21. The van der Waals surface area contributed by atoms with E-state index in [9.17, 15) is 5.11 Å². The first-order chi connectivity index (χ1) is 8.26. The number of aryl methyl sites for hydroxylation is 1. The van der Waals surface area contributed by atoms with Crippen molar-refractivity contribution in [3.05, 3.63) is 42.5 Å². The molecule has 0 radical (unpaired) electrons. The summed E-state index contributed by atoms with van der Waals surface area (Å²) in [6.45, 7) is 5.62. The van der Waals surface area contributed by atoms with Gasteiger partial charge in [0.2, 0.25) is 0 Å². The fraction of sp³-hybridized carbons (Fsp3) is 0.273. The molecule has 0 aliphatic carbocycles. The van der Waals surface area contributed by atoms with Crippen molar-refractivity contribution in [1.29, 1.82) is 0 Å². The van der Waals surface area contributed by atoms with E-state index in [1.807, 2.05) is 13.0 Å². The van der Waals surface area contributed by atoms with Crippen molar-refractivity contribution in [3.63, 3.8) is 0 Å². The first kappa shape index (κ1) is 11.4. The highest BCUT2D eigenvalue weighted by Gasteiger charge is 2.10. The summed E-state index contributed by atoms with van der Waals surface area (Å²) in [5, 5.41) is 20.1. The fourth-order valence-electron chi connectivity index (χ4n) is 1.57. The van der Waals surface area contributed by atoms with Crippen molar-refractivity contribution in [3.8, 4) is 5.69 Å². The lowest BCUT2D eigenvalue weighted by atomic mass is 10.0. The van der Waals surface area contributed by atoms with Gasteiger partial charge >= 0.3 is 0 Å². The molecule has 1 atom stereocenters. The molecule has 0 amide bonds. The van der Waals surface area contributed by atoms with Crippen LogP contribution >= 0.6 is 0 Å². The molecule has 6 nitrogen and oxygen atoms in total. The molecule has 2 aromatic rings. The molecular formula is C11H13N5O. The van der Waals surface area contributed by atoms with Crippen LogP contribution in [0.25, 0.3) is 5.69 Å². The molecule has 0 fully saturated rings. The van der Waals surface area contributed by atoms with Crippen molar-refractivity contribution in [2.45, 2.75) is 12.8 Å². The van der Waals surface area contributed by atoms with E-state index >= 15 is 0 Å². The Hall–Kier alpha value is -2.08. The standard InChI is InChI=1S/C11H13N5O/c1-3-9(6-17)10-4-8(2)11(5-12-10)16-7-13-14-15-16/h3-5,7,9,17H,1,6H2,2H3/t9-/m1/s1. The van der Waals surface area contributed by atoms with E-state index in [2.05, 4.69) is 27.1 Å². The van der Waals surface area contributed by atoms with Gasteiger partial charge in [-0.2, -0.15) is 4.68 Å². The van der Waals surface area contributed by atoms with E-state index in [0.717, 1.165) is 16.9 Å². The average Bonchev–Trinajstić information content (AvgIpc) is 2.84. The van der Waals surface area contributed by atoms with Gasteiger partial charge in [0.05, 0.1) is 18.5 Å². The zero-order valence-corrected chi connectivity index (χ0v) is 9.48. The van der Waals surface area contributed by atoms with Crippen LogP contribution in [-0.2, 0) is 0 Å². The highest BCUT2D eigenvalue weighted by Crippen LogP contribution is 2.18. The summed E-state index contributed by atoms with van der Waals surface area (Å²) in [6, 6.07) is 1.90. The summed E-state index contributed by atoms with van der Waals surface area (Å²) in [5.74, 6) is -0.142. The van der Waals surface area contributed by atoms with Crippen molar-refractivity contribution in [1.82, 2.24) is 25.2 Å². The molecule has 2 aromatic heterocycles. The minimum atomic E-state index is -0.142. The molecule has 2 heterocycles. The van der Waals surface area contributed by atoms with Crippen LogP contribution in [0.5, 0.6) is 0 Å². The third-order valence-corrected chi connectivity index (χ3v) is 2.56. The molecule has 0 saturated carbocycles. The number of pyridine rings is 1. The Kier molecular flexibility index (Phi) is 3.24. The minimum Gasteiger partial charge on any atom is -0.395 e. The topological polar surface area (TPSA) is 76.7 Å². The lowest BCUT2D eigenvalue weighted by Gasteiger charge is -2.11. The summed E-state index contributed by atoms with van der Waals surface area (Å²) >= 11 is 0. The van der Waals surface area contributed by atoms with Crippen molar-refractivity contribution in [2.75, 3.05) is 6.61 Å². The summed E-state index contributed by atoms with van der Waals surface area (Å²) in [7, 11) is 0.